The van der Waals surface area contributed by atoms with E-state index in [1.54, 1.807) is 0 Å². The minimum absolute atomic E-state index is 0.378. The van der Waals surface area contributed by atoms with Crippen LogP contribution in [0, 0.1) is 0 Å². The number of hydrogen-bond acceptors (Lipinski definition) is 7. The molecule has 7 nitrogen and oxygen atoms in total. The van der Waals surface area contributed by atoms with E-state index in [0.717, 1.165) is 35.6 Å². The summed E-state index contributed by atoms with van der Waals surface area (Å²) in [7, 11) is 0. The number of anilines is 2. The topological polar surface area (TPSA) is 105 Å². The molecule has 4 rings (SSSR count). The van der Waals surface area contributed by atoms with Gasteiger partial charge < -0.3 is 26.2 Å². The molecule has 0 bridgehead atoms. The van der Waals surface area contributed by atoms with Gasteiger partial charge in [0.05, 0.1) is 11.7 Å². The highest BCUT2D eigenvalue weighted by atomic mass is 16.5. The Kier molecular flexibility index (Phi) is 5.69. The molecule has 3 aromatic rings. The van der Waals surface area contributed by atoms with Crippen molar-refractivity contribution in [3.05, 3.63) is 72.7 Å². The Morgan fingerprint density at radius 3 is 2.59 bits per heavy atom. The molecule has 5 N–H and O–H groups in total. The summed E-state index contributed by atoms with van der Waals surface area (Å²) in [6.07, 6.45) is 3.50. The first kappa shape index (κ1) is 18.9. The maximum absolute atomic E-state index is 10.1. The van der Waals surface area contributed by atoms with Gasteiger partial charge in [0.15, 0.2) is 0 Å². The Morgan fingerprint density at radius 2 is 1.83 bits per heavy atom. The molecule has 0 saturated carbocycles. The fourth-order valence-electron chi connectivity index (χ4n) is 3.21. The first-order valence-electron chi connectivity index (χ1n) is 9.49. The van der Waals surface area contributed by atoms with Gasteiger partial charge in [-0.05, 0) is 48.4 Å². The lowest BCUT2D eigenvalue weighted by atomic mass is 10.0. The van der Waals surface area contributed by atoms with Crippen molar-refractivity contribution in [1.82, 2.24) is 15.3 Å². The Bertz CT molecular complexity index is 990. The highest BCUT2D eigenvalue weighted by molar-refractivity contribution is 5.84. The summed E-state index contributed by atoms with van der Waals surface area (Å²) in [4.78, 5) is 8.47. The number of aliphatic hydroxyl groups is 1. The van der Waals surface area contributed by atoms with Crippen LogP contribution in [0.1, 0.15) is 6.42 Å². The minimum atomic E-state index is -0.506. The smallest absolute Gasteiger partial charge is 0.143 e. The molecule has 0 radical (unpaired) electrons. The number of para-hydroxylation sites is 1. The van der Waals surface area contributed by atoms with E-state index in [1.165, 1.54) is 6.33 Å². The van der Waals surface area contributed by atoms with E-state index in [0.29, 0.717) is 23.7 Å². The molecule has 1 aliphatic rings. The average Bonchev–Trinajstić information content (AvgIpc) is 2.75. The third kappa shape index (κ3) is 4.53. The molecule has 29 heavy (non-hydrogen) atoms. The van der Waals surface area contributed by atoms with Gasteiger partial charge in [0.1, 0.15) is 29.5 Å². The van der Waals surface area contributed by atoms with Crippen molar-refractivity contribution in [2.24, 2.45) is 0 Å². The van der Waals surface area contributed by atoms with E-state index in [4.69, 9.17) is 10.5 Å². The lowest BCUT2D eigenvalue weighted by Crippen LogP contribution is -2.35. The van der Waals surface area contributed by atoms with E-state index in [9.17, 15) is 5.11 Å². The van der Waals surface area contributed by atoms with Gasteiger partial charge in [0, 0.05) is 12.7 Å². The molecule has 0 aliphatic carbocycles. The molecule has 1 aliphatic heterocycles. The fourth-order valence-corrected chi connectivity index (χ4v) is 3.21. The predicted molar refractivity (Wildman–Crippen MR) is 114 cm³/mol. The van der Waals surface area contributed by atoms with E-state index in [1.807, 2.05) is 60.8 Å². The monoisotopic (exact) mass is 389 g/mol. The first-order chi connectivity index (χ1) is 14.2. The Hall–Kier alpha value is -3.42. The fraction of sp³-hybridized carbons (Fsp3) is 0.182. The summed E-state index contributed by atoms with van der Waals surface area (Å²) in [5.74, 6) is 2.47. The Morgan fingerprint density at radius 1 is 1.07 bits per heavy atom. The van der Waals surface area contributed by atoms with Crippen molar-refractivity contribution in [3.8, 4) is 22.6 Å². The number of nitrogen functional groups attached to an aromatic ring is 1. The van der Waals surface area contributed by atoms with Gasteiger partial charge in [-0.1, -0.05) is 30.3 Å². The van der Waals surface area contributed by atoms with Gasteiger partial charge in [-0.25, -0.2) is 9.97 Å². The Labute approximate surface area is 169 Å². The number of β-amino-alcohol motifs (C(OH)–C–C–N with tert-alkyl or cyclic N) is 1. The molecule has 1 atom stereocenters. The van der Waals surface area contributed by atoms with Gasteiger partial charge in [-0.3, -0.25) is 0 Å². The van der Waals surface area contributed by atoms with E-state index >= 15 is 0 Å². The van der Waals surface area contributed by atoms with Crippen LogP contribution in [-0.2, 0) is 0 Å². The lowest BCUT2D eigenvalue weighted by molar-refractivity contribution is 0.190. The standard InChI is InChI=1S/C22H23N5O2/c23-21-20(15-6-8-18(9-7-15)29-17-4-2-1-3-5-17)22(27-14-26-21)25-12-16-10-11-24-13-19(16)28/h1-9,12,14,19,24,28H,10-11,13H2,(H3,23,25,26,27)/b16-12-/t19-/m1/s1. The summed E-state index contributed by atoms with van der Waals surface area (Å²) in [5, 5.41) is 16.4. The highest BCUT2D eigenvalue weighted by Crippen LogP contribution is 2.33. The number of nitrogens with two attached hydrogens (primary N) is 1. The van der Waals surface area contributed by atoms with Crippen molar-refractivity contribution < 1.29 is 9.84 Å². The number of piperidine rings is 1. The molecule has 7 heteroatoms. The second-order valence-corrected chi connectivity index (χ2v) is 6.76. The zero-order valence-electron chi connectivity index (χ0n) is 15.9. The lowest BCUT2D eigenvalue weighted by Gasteiger charge is -2.22. The summed E-state index contributed by atoms with van der Waals surface area (Å²) in [6, 6.07) is 17.2. The second-order valence-electron chi connectivity index (χ2n) is 6.76. The van der Waals surface area contributed by atoms with Crippen LogP contribution in [0.3, 0.4) is 0 Å². The van der Waals surface area contributed by atoms with Crippen molar-refractivity contribution in [2.75, 3.05) is 24.1 Å². The van der Waals surface area contributed by atoms with E-state index in [2.05, 4.69) is 20.6 Å². The zero-order valence-corrected chi connectivity index (χ0v) is 15.9. The zero-order chi connectivity index (χ0) is 20.1. The number of rotatable bonds is 5. The number of ether oxygens (including phenoxy) is 1. The van der Waals surface area contributed by atoms with Crippen LogP contribution in [0.25, 0.3) is 11.1 Å². The molecule has 2 aromatic carbocycles. The highest BCUT2D eigenvalue weighted by Gasteiger charge is 2.16. The minimum Gasteiger partial charge on any atom is -0.457 e. The average molecular weight is 389 g/mol. The third-order valence-corrected chi connectivity index (χ3v) is 4.75. The van der Waals surface area contributed by atoms with Gasteiger partial charge in [-0.2, -0.15) is 0 Å². The van der Waals surface area contributed by atoms with Gasteiger partial charge in [-0.15, -0.1) is 0 Å². The number of aliphatic hydroxyl groups excluding tert-OH is 1. The van der Waals surface area contributed by atoms with Crippen molar-refractivity contribution in [1.29, 1.82) is 0 Å². The molecule has 1 aromatic heterocycles. The molecule has 0 unspecified atom stereocenters. The number of nitrogens with one attached hydrogen (secondary N) is 2. The number of hydrogen-bond donors (Lipinski definition) is 4. The predicted octanol–water partition coefficient (Wildman–Crippen LogP) is 3.17. The van der Waals surface area contributed by atoms with Gasteiger partial charge >= 0.3 is 0 Å². The van der Waals surface area contributed by atoms with Gasteiger partial charge in [0.25, 0.3) is 0 Å². The first-order valence-corrected chi connectivity index (χ1v) is 9.49. The summed E-state index contributed by atoms with van der Waals surface area (Å²) >= 11 is 0. The molecule has 2 heterocycles. The van der Waals surface area contributed by atoms with Crippen LogP contribution in [0.15, 0.2) is 72.7 Å². The van der Waals surface area contributed by atoms with Crippen LogP contribution >= 0.6 is 0 Å². The van der Waals surface area contributed by atoms with Crippen LogP contribution in [0.5, 0.6) is 11.5 Å². The number of aromatic nitrogens is 2. The van der Waals surface area contributed by atoms with E-state index < -0.39 is 6.10 Å². The number of nitrogens with zero attached hydrogens (tertiary/aromatic N) is 2. The van der Waals surface area contributed by atoms with E-state index in [-0.39, 0.29) is 0 Å². The normalized spacial score (nSPS) is 17.8. The van der Waals surface area contributed by atoms with Crippen molar-refractivity contribution in [2.45, 2.75) is 12.5 Å². The van der Waals surface area contributed by atoms with Crippen LogP contribution in [0.4, 0.5) is 11.6 Å². The molecular weight excluding hydrogens is 366 g/mol. The molecule has 0 amide bonds. The molecule has 1 saturated heterocycles. The van der Waals surface area contributed by atoms with Crippen LogP contribution in [-0.4, -0.2) is 34.3 Å². The molecule has 1 fully saturated rings. The molecule has 148 valence electrons. The quantitative estimate of drug-likeness (QED) is 0.531. The maximum atomic E-state index is 10.1. The SMILES string of the molecule is Nc1ncnc(N/C=C2/CCNC[C@H]2O)c1-c1ccc(Oc2ccccc2)cc1. The largest absolute Gasteiger partial charge is 0.457 e. The van der Waals surface area contributed by atoms with Crippen LogP contribution < -0.4 is 21.1 Å². The third-order valence-electron chi connectivity index (χ3n) is 4.75. The van der Waals surface area contributed by atoms with Crippen LogP contribution in [0.2, 0.25) is 0 Å². The Balaban J connectivity index is 1.57. The summed E-state index contributed by atoms with van der Waals surface area (Å²) in [6.45, 7) is 1.39. The second kappa shape index (κ2) is 8.72. The molecular formula is C22H23N5O2. The summed E-state index contributed by atoms with van der Waals surface area (Å²) < 4.78 is 5.85. The maximum Gasteiger partial charge on any atom is 0.143 e. The van der Waals surface area contributed by atoms with Gasteiger partial charge in [0.2, 0.25) is 0 Å². The van der Waals surface area contributed by atoms with Crippen molar-refractivity contribution in [3.63, 3.8) is 0 Å². The molecule has 0 spiro atoms. The number of benzene rings is 2. The summed E-state index contributed by atoms with van der Waals surface area (Å²) in [5.41, 5.74) is 8.66. The van der Waals surface area contributed by atoms with Crippen molar-refractivity contribution >= 4 is 11.6 Å².